The van der Waals surface area contributed by atoms with Crippen LogP contribution in [0.1, 0.15) is 13.3 Å². The molecule has 84 valence electrons. The minimum Gasteiger partial charge on any atom is -0.492 e. The summed E-state index contributed by atoms with van der Waals surface area (Å²) in [5.41, 5.74) is 0. The van der Waals surface area contributed by atoms with Gasteiger partial charge in [-0.05, 0) is 25.5 Å². The van der Waals surface area contributed by atoms with Crippen molar-refractivity contribution in [3.8, 4) is 5.75 Å². The molecule has 1 atom stereocenters. The second-order valence-electron chi connectivity index (χ2n) is 3.53. The van der Waals surface area contributed by atoms with E-state index >= 15 is 0 Å². The van der Waals surface area contributed by atoms with Gasteiger partial charge in [-0.25, -0.2) is 0 Å². The molecule has 0 fully saturated rings. The fourth-order valence-electron chi connectivity index (χ4n) is 1.29. The maximum Gasteiger partial charge on any atom is 0.119 e. The van der Waals surface area contributed by atoms with Crippen LogP contribution in [-0.4, -0.2) is 30.9 Å². The van der Waals surface area contributed by atoms with Crippen LogP contribution < -0.4 is 10.1 Å². The molecule has 3 heteroatoms. The van der Waals surface area contributed by atoms with Gasteiger partial charge < -0.3 is 15.2 Å². The van der Waals surface area contributed by atoms with Crippen LogP contribution in [0.15, 0.2) is 30.3 Å². The summed E-state index contributed by atoms with van der Waals surface area (Å²) in [6, 6.07) is 10.1. The van der Waals surface area contributed by atoms with Crippen LogP contribution in [0.25, 0.3) is 0 Å². The van der Waals surface area contributed by atoms with Crippen molar-refractivity contribution in [2.75, 3.05) is 19.8 Å². The van der Waals surface area contributed by atoms with Crippen molar-refractivity contribution >= 4 is 0 Å². The van der Waals surface area contributed by atoms with Gasteiger partial charge in [0.05, 0.1) is 0 Å². The highest BCUT2D eigenvalue weighted by Crippen LogP contribution is 2.07. The Morgan fingerprint density at radius 2 is 2.07 bits per heavy atom. The zero-order valence-corrected chi connectivity index (χ0v) is 9.15. The van der Waals surface area contributed by atoms with Crippen LogP contribution in [-0.2, 0) is 0 Å². The molecule has 1 rings (SSSR count). The number of hydrogen-bond acceptors (Lipinski definition) is 3. The summed E-state index contributed by atoms with van der Waals surface area (Å²) in [5, 5.41) is 12.0. The number of ether oxygens (including phenoxy) is 1. The summed E-state index contributed by atoms with van der Waals surface area (Å²) >= 11 is 0. The maximum atomic E-state index is 8.70. The number of aliphatic hydroxyl groups is 1. The largest absolute Gasteiger partial charge is 0.492 e. The standard InChI is InChI=1S/C12H19NO2/c1-11(7-9-14)13-8-10-15-12-5-3-2-4-6-12/h2-6,11,13-14H,7-10H2,1H3. The summed E-state index contributed by atoms with van der Waals surface area (Å²) in [7, 11) is 0. The molecular weight excluding hydrogens is 190 g/mol. The first kappa shape index (κ1) is 12.0. The molecule has 0 spiro atoms. The van der Waals surface area contributed by atoms with Crippen LogP contribution in [0.5, 0.6) is 5.75 Å². The van der Waals surface area contributed by atoms with Crippen molar-refractivity contribution in [1.29, 1.82) is 0 Å². The Balaban J connectivity index is 2.07. The van der Waals surface area contributed by atoms with E-state index in [1.165, 1.54) is 0 Å². The summed E-state index contributed by atoms with van der Waals surface area (Å²) in [6.07, 6.45) is 0.783. The van der Waals surface area contributed by atoms with E-state index in [4.69, 9.17) is 9.84 Å². The molecule has 0 amide bonds. The van der Waals surface area contributed by atoms with Crippen LogP contribution in [0.3, 0.4) is 0 Å². The molecule has 1 unspecified atom stereocenters. The van der Waals surface area contributed by atoms with Gasteiger partial charge in [0.2, 0.25) is 0 Å². The SMILES string of the molecule is CC(CCO)NCCOc1ccccc1. The smallest absolute Gasteiger partial charge is 0.119 e. The van der Waals surface area contributed by atoms with Gasteiger partial charge in [0.1, 0.15) is 12.4 Å². The van der Waals surface area contributed by atoms with Crippen molar-refractivity contribution in [1.82, 2.24) is 5.32 Å². The topological polar surface area (TPSA) is 41.5 Å². The van der Waals surface area contributed by atoms with E-state index in [0.717, 1.165) is 18.7 Å². The average molecular weight is 209 g/mol. The Hall–Kier alpha value is -1.06. The molecule has 2 N–H and O–H groups in total. The van der Waals surface area contributed by atoms with Crippen molar-refractivity contribution in [3.05, 3.63) is 30.3 Å². The van der Waals surface area contributed by atoms with Crippen LogP contribution in [0, 0.1) is 0 Å². The molecule has 0 bridgehead atoms. The quantitative estimate of drug-likeness (QED) is 0.667. The van der Waals surface area contributed by atoms with Crippen LogP contribution >= 0.6 is 0 Å². The number of aliphatic hydroxyl groups excluding tert-OH is 1. The molecule has 0 aliphatic heterocycles. The first-order chi connectivity index (χ1) is 7.33. The molecule has 3 nitrogen and oxygen atoms in total. The van der Waals surface area contributed by atoms with E-state index in [-0.39, 0.29) is 6.61 Å². The third-order valence-electron chi connectivity index (χ3n) is 2.17. The van der Waals surface area contributed by atoms with Crippen molar-refractivity contribution in [2.45, 2.75) is 19.4 Å². The lowest BCUT2D eigenvalue weighted by molar-refractivity contribution is 0.259. The van der Waals surface area contributed by atoms with Gasteiger partial charge in [-0.15, -0.1) is 0 Å². The minimum atomic E-state index is 0.230. The molecule has 0 radical (unpaired) electrons. The first-order valence-electron chi connectivity index (χ1n) is 5.35. The highest BCUT2D eigenvalue weighted by molar-refractivity contribution is 5.20. The Morgan fingerprint density at radius 3 is 2.73 bits per heavy atom. The van der Waals surface area contributed by atoms with E-state index in [2.05, 4.69) is 12.2 Å². The van der Waals surface area contributed by atoms with Gasteiger partial charge in [0.25, 0.3) is 0 Å². The van der Waals surface area contributed by atoms with Gasteiger partial charge in [-0.1, -0.05) is 18.2 Å². The molecule has 0 aliphatic carbocycles. The fraction of sp³-hybridized carbons (Fsp3) is 0.500. The van der Waals surface area contributed by atoms with E-state index < -0.39 is 0 Å². The second kappa shape index (κ2) is 7.26. The Morgan fingerprint density at radius 1 is 1.33 bits per heavy atom. The lowest BCUT2D eigenvalue weighted by atomic mass is 10.2. The third kappa shape index (κ3) is 5.40. The lowest BCUT2D eigenvalue weighted by Crippen LogP contribution is -2.30. The summed E-state index contributed by atoms with van der Waals surface area (Å²) in [5.74, 6) is 0.897. The van der Waals surface area contributed by atoms with Gasteiger partial charge in [-0.2, -0.15) is 0 Å². The van der Waals surface area contributed by atoms with E-state index in [1.54, 1.807) is 0 Å². The summed E-state index contributed by atoms with van der Waals surface area (Å²) in [6.45, 7) is 3.74. The average Bonchev–Trinajstić information content (AvgIpc) is 2.26. The lowest BCUT2D eigenvalue weighted by Gasteiger charge is -2.12. The predicted octanol–water partition coefficient (Wildman–Crippen LogP) is 1.43. The zero-order valence-electron chi connectivity index (χ0n) is 9.15. The highest BCUT2D eigenvalue weighted by Gasteiger charge is 1.98. The summed E-state index contributed by atoms with van der Waals surface area (Å²) < 4.78 is 5.51. The zero-order chi connectivity index (χ0) is 10.9. The second-order valence-corrected chi connectivity index (χ2v) is 3.53. The first-order valence-corrected chi connectivity index (χ1v) is 5.35. The Bertz CT molecular complexity index is 251. The van der Waals surface area contributed by atoms with Crippen molar-refractivity contribution < 1.29 is 9.84 Å². The monoisotopic (exact) mass is 209 g/mol. The normalized spacial score (nSPS) is 12.4. The van der Waals surface area contributed by atoms with E-state index in [1.807, 2.05) is 30.3 Å². The number of hydrogen-bond donors (Lipinski definition) is 2. The van der Waals surface area contributed by atoms with Gasteiger partial charge >= 0.3 is 0 Å². The Labute approximate surface area is 91.1 Å². The van der Waals surface area contributed by atoms with Crippen molar-refractivity contribution in [3.63, 3.8) is 0 Å². The number of benzene rings is 1. The van der Waals surface area contributed by atoms with Gasteiger partial charge in [0.15, 0.2) is 0 Å². The number of nitrogens with one attached hydrogen (secondary N) is 1. The number of para-hydroxylation sites is 1. The molecular formula is C12H19NO2. The molecule has 0 aliphatic rings. The fourth-order valence-corrected chi connectivity index (χ4v) is 1.29. The predicted molar refractivity (Wildman–Crippen MR) is 61.1 cm³/mol. The third-order valence-corrected chi connectivity index (χ3v) is 2.17. The number of rotatable bonds is 7. The van der Waals surface area contributed by atoms with Crippen LogP contribution in [0.2, 0.25) is 0 Å². The molecule has 0 aromatic heterocycles. The minimum absolute atomic E-state index is 0.230. The van der Waals surface area contributed by atoms with E-state index in [9.17, 15) is 0 Å². The summed E-state index contributed by atoms with van der Waals surface area (Å²) in [4.78, 5) is 0. The molecule has 1 aromatic rings. The molecule has 15 heavy (non-hydrogen) atoms. The molecule has 0 saturated carbocycles. The van der Waals surface area contributed by atoms with Crippen LogP contribution in [0.4, 0.5) is 0 Å². The Kier molecular flexibility index (Phi) is 5.81. The molecule has 0 saturated heterocycles. The highest BCUT2D eigenvalue weighted by atomic mass is 16.5. The van der Waals surface area contributed by atoms with E-state index in [0.29, 0.717) is 12.6 Å². The molecule has 1 aromatic carbocycles. The van der Waals surface area contributed by atoms with Crippen molar-refractivity contribution in [2.24, 2.45) is 0 Å². The molecule has 0 heterocycles. The van der Waals surface area contributed by atoms with Gasteiger partial charge in [-0.3, -0.25) is 0 Å². The maximum absolute atomic E-state index is 8.70. The van der Waals surface area contributed by atoms with Gasteiger partial charge in [0, 0.05) is 19.2 Å².